The van der Waals surface area contributed by atoms with Crippen LogP contribution in [0, 0.1) is 5.92 Å². The number of unbranched alkanes of at least 4 members (excludes halogenated alkanes) is 2. The molecule has 0 unspecified atom stereocenters. The van der Waals surface area contributed by atoms with E-state index < -0.39 is 41.1 Å². The molecular formula is C21H26F3N7O4. The number of anilines is 2. The Bertz CT molecular complexity index is 993. The van der Waals surface area contributed by atoms with Gasteiger partial charge in [-0.25, -0.2) is 15.0 Å². The maximum absolute atomic E-state index is 13.4. The average Bonchev–Trinajstić information content (AvgIpc) is 2.85. The molecule has 190 valence electrons. The summed E-state index contributed by atoms with van der Waals surface area (Å²) in [5.74, 6) is -3.11. The highest BCUT2D eigenvalue weighted by Gasteiger charge is 2.37. The molecule has 35 heavy (non-hydrogen) atoms. The number of rotatable bonds is 13. The minimum absolute atomic E-state index is 0.154. The molecule has 0 saturated carbocycles. The highest BCUT2D eigenvalue weighted by molar-refractivity contribution is 5.94. The molecule has 2 aromatic rings. The van der Waals surface area contributed by atoms with Crippen molar-refractivity contribution < 1.29 is 32.8 Å². The second-order valence-corrected chi connectivity index (χ2v) is 7.43. The van der Waals surface area contributed by atoms with Crippen LogP contribution < -0.4 is 21.7 Å². The van der Waals surface area contributed by atoms with Gasteiger partial charge in [-0.3, -0.25) is 41.3 Å². The van der Waals surface area contributed by atoms with E-state index in [2.05, 4.69) is 31.7 Å². The number of para-hydroxylation sites is 1. The Hall–Kier alpha value is -3.94. The Morgan fingerprint density at radius 1 is 1.14 bits per heavy atom. The lowest BCUT2D eigenvalue weighted by atomic mass is 10.0. The zero-order valence-corrected chi connectivity index (χ0v) is 18.8. The number of nitrogens with one attached hydrogen (secondary N) is 4. The first-order chi connectivity index (χ1) is 16.7. The number of halogens is 3. The molecule has 14 heteroatoms. The van der Waals surface area contributed by atoms with Gasteiger partial charge in [-0.2, -0.15) is 13.2 Å². The smallest absolute Gasteiger partial charge is 0.298 e. The monoisotopic (exact) mass is 497 g/mol. The summed E-state index contributed by atoms with van der Waals surface area (Å²) in [5, 5.41) is 9.77. The number of alkyl halides is 3. The molecule has 0 spiro atoms. The van der Waals surface area contributed by atoms with Crippen molar-refractivity contribution in [1.29, 1.82) is 0 Å². The lowest BCUT2D eigenvalue weighted by Gasteiger charge is -2.20. The van der Waals surface area contributed by atoms with E-state index in [0.717, 1.165) is 12.8 Å². The highest BCUT2D eigenvalue weighted by Crippen LogP contribution is 2.31. The fraction of sp³-hybridized carbons (Fsp3) is 0.381. The summed E-state index contributed by atoms with van der Waals surface area (Å²) in [6.07, 6.45) is -1.64. The van der Waals surface area contributed by atoms with Gasteiger partial charge in [0.1, 0.15) is 11.3 Å². The summed E-state index contributed by atoms with van der Waals surface area (Å²) in [6, 6.07) is 8.21. The number of hydrazine groups is 2. The molecular weight excluding hydrogens is 471 g/mol. The molecule has 0 radical (unpaired) electrons. The fourth-order valence-corrected chi connectivity index (χ4v) is 2.97. The van der Waals surface area contributed by atoms with Crippen molar-refractivity contribution in [2.24, 2.45) is 5.92 Å². The third-order valence-electron chi connectivity index (χ3n) is 4.76. The standard InChI is InChI=1S/C21H26F3N7O4/c1-2-3-5-8-14(12-31(35)13-32)18(33)28-30-20-25-11-16(21(22,23)24)17(26-20)19(34)29-27-15-9-6-4-7-10-15/h4,6-7,9-11,13-14,27,35H,2-3,5,8,12H2,1H3,(H,28,33)(H,29,34)(H,25,26,30)/t14-/m1/s1. The summed E-state index contributed by atoms with van der Waals surface area (Å²) in [4.78, 5) is 42.8. The summed E-state index contributed by atoms with van der Waals surface area (Å²) in [7, 11) is 0. The number of carbonyl (C=O) groups excluding carboxylic acids is 3. The molecule has 0 aliphatic heterocycles. The molecule has 0 aliphatic rings. The number of benzene rings is 1. The molecule has 3 amide bonds. The Morgan fingerprint density at radius 3 is 2.49 bits per heavy atom. The zero-order valence-electron chi connectivity index (χ0n) is 18.8. The molecule has 1 heterocycles. The van der Waals surface area contributed by atoms with Crippen molar-refractivity contribution in [3.8, 4) is 0 Å². The first kappa shape index (κ1) is 27.3. The van der Waals surface area contributed by atoms with Crippen LogP contribution in [0.3, 0.4) is 0 Å². The predicted molar refractivity (Wildman–Crippen MR) is 119 cm³/mol. The van der Waals surface area contributed by atoms with E-state index in [4.69, 9.17) is 0 Å². The molecule has 5 N–H and O–H groups in total. The van der Waals surface area contributed by atoms with Crippen LogP contribution in [0.4, 0.5) is 24.8 Å². The number of hydrogen-bond acceptors (Lipinski definition) is 8. The van der Waals surface area contributed by atoms with Crippen LogP contribution in [-0.2, 0) is 15.8 Å². The largest absolute Gasteiger partial charge is 0.420 e. The van der Waals surface area contributed by atoms with Gasteiger partial charge in [-0.05, 0) is 18.6 Å². The second kappa shape index (κ2) is 13.1. The van der Waals surface area contributed by atoms with Gasteiger partial charge in [0.2, 0.25) is 18.3 Å². The second-order valence-electron chi connectivity index (χ2n) is 7.43. The lowest BCUT2D eigenvalue weighted by Crippen LogP contribution is -2.40. The minimum atomic E-state index is -4.91. The van der Waals surface area contributed by atoms with Gasteiger partial charge in [-0.15, -0.1) is 0 Å². The lowest BCUT2D eigenvalue weighted by molar-refractivity contribution is -0.154. The van der Waals surface area contributed by atoms with Crippen LogP contribution in [0.1, 0.15) is 48.7 Å². The predicted octanol–water partition coefficient (Wildman–Crippen LogP) is 2.74. The molecule has 0 aliphatic carbocycles. The molecule has 1 aromatic heterocycles. The van der Waals surface area contributed by atoms with Gasteiger partial charge in [0.15, 0.2) is 0 Å². The Morgan fingerprint density at radius 2 is 1.86 bits per heavy atom. The number of hydroxylamine groups is 2. The number of nitrogens with zero attached hydrogens (tertiary/aromatic N) is 3. The molecule has 1 atom stereocenters. The Kier molecular flexibility index (Phi) is 10.2. The van der Waals surface area contributed by atoms with Crippen molar-refractivity contribution in [2.45, 2.75) is 38.8 Å². The van der Waals surface area contributed by atoms with Crippen molar-refractivity contribution >= 4 is 29.9 Å². The molecule has 11 nitrogen and oxygen atoms in total. The zero-order chi connectivity index (χ0) is 25.8. The maximum atomic E-state index is 13.4. The van der Waals surface area contributed by atoms with Gasteiger partial charge in [0.05, 0.1) is 18.2 Å². The van der Waals surface area contributed by atoms with E-state index in [1.165, 1.54) is 0 Å². The minimum Gasteiger partial charge on any atom is -0.298 e. The van der Waals surface area contributed by atoms with Crippen molar-refractivity contribution in [2.75, 3.05) is 17.4 Å². The average molecular weight is 497 g/mol. The summed E-state index contributed by atoms with van der Waals surface area (Å²) < 4.78 is 40.2. The van der Waals surface area contributed by atoms with Crippen LogP contribution >= 0.6 is 0 Å². The van der Waals surface area contributed by atoms with Gasteiger partial charge in [0, 0.05) is 6.20 Å². The number of carbonyl (C=O) groups is 3. The quantitative estimate of drug-likeness (QED) is 0.123. The van der Waals surface area contributed by atoms with Crippen LogP contribution in [-0.4, -0.2) is 45.0 Å². The third-order valence-corrected chi connectivity index (χ3v) is 4.76. The number of amides is 3. The van der Waals surface area contributed by atoms with Gasteiger partial charge in [-0.1, -0.05) is 44.4 Å². The van der Waals surface area contributed by atoms with E-state index in [1.54, 1.807) is 30.3 Å². The summed E-state index contributed by atoms with van der Waals surface area (Å²) in [5.41, 5.74) is 7.21. The van der Waals surface area contributed by atoms with Gasteiger partial charge in [0.25, 0.3) is 5.91 Å². The molecule has 1 aromatic carbocycles. The Balaban J connectivity index is 2.14. The first-order valence-corrected chi connectivity index (χ1v) is 10.7. The summed E-state index contributed by atoms with van der Waals surface area (Å²) in [6.45, 7) is 1.68. The van der Waals surface area contributed by atoms with Gasteiger partial charge >= 0.3 is 6.18 Å². The van der Waals surface area contributed by atoms with Crippen molar-refractivity contribution in [1.82, 2.24) is 25.9 Å². The van der Waals surface area contributed by atoms with E-state index in [1.807, 2.05) is 6.92 Å². The third kappa shape index (κ3) is 8.73. The fourth-order valence-electron chi connectivity index (χ4n) is 2.97. The molecule has 0 bridgehead atoms. The molecule has 0 fully saturated rings. The van der Waals surface area contributed by atoms with Crippen molar-refractivity contribution in [3.63, 3.8) is 0 Å². The maximum Gasteiger partial charge on any atom is 0.420 e. The van der Waals surface area contributed by atoms with Crippen LogP contribution in [0.15, 0.2) is 36.5 Å². The number of aromatic nitrogens is 2. The highest BCUT2D eigenvalue weighted by atomic mass is 19.4. The number of hydrogen-bond donors (Lipinski definition) is 5. The van der Waals surface area contributed by atoms with Gasteiger partial charge < -0.3 is 0 Å². The van der Waals surface area contributed by atoms with Crippen LogP contribution in [0.25, 0.3) is 0 Å². The molecule has 0 saturated heterocycles. The van der Waals surface area contributed by atoms with E-state index in [0.29, 0.717) is 29.8 Å². The van der Waals surface area contributed by atoms with Crippen molar-refractivity contribution in [3.05, 3.63) is 47.8 Å². The normalized spacial score (nSPS) is 11.8. The molecule has 2 rings (SSSR count). The topological polar surface area (TPSA) is 149 Å². The van der Waals surface area contributed by atoms with E-state index >= 15 is 0 Å². The first-order valence-electron chi connectivity index (χ1n) is 10.7. The summed E-state index contributed by atoms with van der Waals surface area (Å²) >= 11 is 0. The van der Waals surface area contributed by atoms with E-state index in [-0.39, 0.29) is 13.0 Å². The van der Waals surface area contributed by atoms with E-state index in [9.17, 15) is 32.8 Å². The SMILES string of the molecule is CCCCC[C@H](CN(O)C=O)C(=O)NNc1ncc(C(F)(F)F)c(C(=O)NNc2ccccc2)n1. The Labute approximate surface area is 199 Å². The van der Waals surface area contributed by atoms with Crippen LogP contribution in [0.2, 0.25) is 0 Å². The van der Waals surface area contributed by atoms with Crippen LogP contribution in [0.5, 0.6) is 0 Å².